The van der Waals surface area contributed by atoms with Gasteiger partial charge in [0.2, 0.25) is 11.9 Å². The molecule has 1 saturated heterocycles. The second kappa shape index (κ2) is 4.62. The Morgan fingerprint density at radius 1 is 1.50 bits per heavy atom. The second-order valence-corrected chi connectivity index (χ2v) is 4.94. The standard InChI is InChI=1S/C12H15N5O3/c1-16-9(18)5-7(11(16)20)14-10(19)8-6-17-4-2-3-13-12(17)15-8/h6-7H,2-5H2,1H3,(H,13,15)(H,14,19). The van der Waals surface area contributed by atoms with E-state index in [1.54, 1.807) is 6.20 Å². The van der Waals surface area contributed by atoms with Crippen LogP contribution < -0.4 is 10.6 Å². The number of rotatable bonds is 2. The zero-order chi connectivity index (χ0) is 14.3. The highest BCUT2D eigenvalue weighted by atomic mass is 16.2. The molecule has 0 aromatic carbocycles. The van der Waals surface area contributed by atoms with Crippen molar-refractivity contribution < 1.29 is 14.4 Å². The zero-order valence-corrected chi connectivity index (χ0v) is 11.0. The van der Waals surface area contributed by atoms with E-state index in [-0.39, 0.29) is 23.9 Å². The number of carbonyl (C=O) groups is 3. The van der Waals surface area contributed by atoms with Crippen molar-refractivity contribution in [2.24, 2.45) is 0 Å². The van der Waals surface area contributed by atoms with Crippen molar-refractivity contribution in [3.05, 3.63) is 11.9 Å². The van der Waals surface area contributed by atoms with Crippen molar-refractivity contribution in [2.45, 2.75) is 25.4 Å². The van der Waals surface area contributed by atoms with E-state index in [0.29, 0.717) is 5.95 Å². The molecule has 1 fully saturated rings. The minimum Gasteiger partial charge on any atom is -0.356 e. The van der Waals surface area contributed by atoms with E-state index in [2.05, 4.69) is 15.6 Å². The minimum absolute atomic E-state index is 0.00683. The first-order valence-corrected chi connectivity index (χ1v) is 6.48. The summed E-state index contributed by atoms with van der Waals surface area (Å²) in [5, 5.41) is 5.66. The first kappa shape index (κ1) is 12.6. The maximum Gasteiger partial charge on any atom is 0.272 e. The number of imide groups is 1. The number of aryl methyl sites for hydroxylation is 1. The van der Waals surface area contributed by atoms with Crippen molar-refractivity contribution >= 4 is 23.7 Å². The number of carbonyl (C=O) groups excluding carboxylic acids is 3. The average molecular weight is 277 g/mol. The Bertz CT molecular complexity index is 570. The van der Waals surface area contributed by atoms with Crippen LogP contribution in [-0.4, -0.2) is 51.8 Å². The van der Waals surface area contributed by atoms with Crippen LogP contribution in [0.25, 0.3) is 0 Å². The fraction of sp³-hybridized carbons (Fsp3) is 0.500. The van der Waals surface area contributed by atoms with Crippen LogP contribution in [0.3, 0.4) is 0 Å². The van der Waals surface area contributed by atoms with Gasteiger partial charge in [-0.1, -0.05) is 0 Å². The topological polar surface area (TPSA) is 96.3 Å². The van der Waals surface area contributed by atoms with Gasteiger partial charge in [0.05, 0.1) is 6.42 Å². The fourth-order valence-corrected chi connectivity index (χ4v) is 2.39. The molecule has 106 valence electrons. The van der Waals surface area contributed by atoms with Crippen LogP contribution in [0.1, 0.15) is 23.3 Å². The third-order valence-electron chi connectivity index (χ3n) is 3.55. The highest BCUT2D eigenvalue weighted by Gasteiger charge is 2.37. The quantitative estimate of drug-likeness (QED) is 0.689. The molecule has 3 heterocycles. The maximum absolute atomic E-state index is 12.1. The van der Waals surface area contributed by atoms with E-state index >= 15 is 0 Å². The molecule has 20 heavy (non-hydrogen) atoms. The third-order valence-corrected chi connectivity index (χ3v) is 3.55. The summed E-state index contributed by atoms with van der Waals surface area (Å²) < 4.78 is 1.87. The molecule has 1 aromatic rings. The second-order valence-electron chi connectivity index (χ2n) is 4.94. The molecule has 1 unspecified atom stereocenters. The first-order chi connectivity index (χ1) is 9.56. The van der Waals surface area contributed by atoms with E-state index in [4.69, 9.17) is 0 Å². The van der Waals surface area contributed by atoms with Crippen molar-refractivity contribution in [1.29, 1.82) is 0 Å². The van der Waals surface area contributed by atoms with E-state index in [1.165, 1.54) is 7.05 Å². The van der Waals surface area contributed by atoms with Gasteiger partial charge in [0.1, 0.15) is 11.7 Å². The zero-order valence-electron chi connectivity index (χ0n) is 11.0. The van der Waals surface area contributed by atoms with Gasteiger partial charge in [0.25, 0.3) is 11.8 Å². The minimum atomic E-state index is -0.785. The molecule has 1 aromatic heterocycles. The Hall–Kier alpha value is -2.38. The van der Waals surface area contributed by atoms with Crippen LogP contribution in [0, 0.1) is 0 Å². The molecule has 0 aliphatic carbocycles. The molecular weight excluding hydrogens is 262 g/mol. The smallest absolute Gasteiger partial charge is 0.272 e. The summed E-state index contributed by atoms with van der Waals surface area (Å²) in [4.78, 5) is 40.4. The Labute approximate surface area is 115 Å². The molecule has 2 N–H and O–H groups in total. The summed E-state index contributed by atoms with van der Waals surface area (Å²) in [5.41, 5.74) is 0.254. The summed E-state index contributed by atoms with van der Waals surface area (Å²) in [7, 11) is 1.41. The molecule has 8 heteroatoms. The summed E-state index contributed by atoms with van der Waals surface area (Å²) in [5.74, 6) is -0.445. The number of fused-ring (bicyclic) bond motifs is 1. The lowest BCUT2D eigenvalue weighted by Gasteiger charge is -2.14. The number of likely N-dealkylation sites (N-methyl/N-ethyl adjacent to an activating group) is 1. The number of hydrogen-bond acceptors (Lipinski definition) is 5. The Morgan fingerprint density at radius 2 is 2.30 bits per heavy atom. The van der Waals surface area contributed by atoms with Crippen LogP contribution in [0.4, 0.5) is 5.95 Å². The Morgan fingerprint density at radius 3 is 2.95 bits per heavy atom. The average Bonchev–Trinajstić information content (AvgIpc) is 2.97. The molecule has 8 nitrogen and oxygen atoms in total. The number of nitrogens with zero attached hydrogens (tertiary/aromatic N) is 3. The van der Waals surface area contributed by atoms with E-state index in [1.807, 2.05) is 4.57 Å². The lowest BCUT2D eigenvalue weighted by molar-refractivity contribution is -0.137. The summed E-state index contributed by atoms with van der Waals surface area (Å²) in [6.07, 6.45) is 2.64. The summed E-state index contributed by atoms with van der Waals surface area (Å²) in [6.45, 7) is 1.64. The predicted molar refractivity (Wildman–Crippen MR) is 69.0 cm³/mol. The fourth-order valence-electron chi connectivity index (χ4n) is 2.39. The van der Waals surface area contributed by atoms with E-state index in [9.17, 15) is 14.4 Å². The highest BCUT2D eigenvalue weighted by Crippen LogP contribution is 2.15. The van der Waals surface area contributed by atoms with Crippen molar-refractivity contribution in [2.75, 3.05) is 18.9 Å². The van der Waals surface area contributed by atoms with Gasteiger partial charge in [-0.3, -0.25) is 19.3 Å². The molecular formula is C12H15N5O3. The number of imidazole rings is 1. The lowest BCUT2D eigenvalue weighted by atomic mass is 10.2. The van der Waals surface area contributed by atoms with Crippen LogP contribution in [0.15, 0.2) is 6.20 Å². The van der Waals surface area contributed by atoms with Crippen LogP contribution >= 0.6 is 0 Å². The molecule has 2 aliphatic heterocycles. The van der Waals surface area contributed by atoms with Crippen molar-refractivity contribution in [3.63, 3.8) is 0 Å². The van der Waals surface area contributed by atoms with Crippen molar-refractivity contribution in [3.8, 4) is 0 Å². The summed E-state index contributed by atoms with van der Waals surface area (Å²) >= 11 is 0. The number of hydrogen-bond donors (Lipinski definition) is 2. The van der Waals surface area contributed by atoms with Gasteiger partial charge < -0.3 is 15.2 Å². The van der Waals surface area contributed by atoms with Gasteiger partial charge >= 0.3 is 0 Å². The molecule has 0 radical (unpaired) electrons. The maximum atomic E-state index is 12.1. The van der Waals surface area contributed by atoms with Gasteiger partial charge in [0, 0.05) is 26.3 Å². The third kappa shape index (κ3) is 2.02. The van der Waals surface area contributed by atoms with Crippen LogP contribution in [0.5, 0.6) is 0 Å². The Kier molecular flexibility index (Phi) is 2.92. The molecule has 2 aliphatic rings. The molecule has 3 rings (SSSR count). The lowest BCUT2D eigenvalue weighted by Crippen LogP contribution is -2.40. The van der Waals surface area contributed by atoms with Gasteiger partial charge in [-0.15, -0.1) is 0 Å². The largest absolute Gasteiger partial charge is 0.356 e. The molecule has 0 saturated carbocycles. The van der Waals surface area contributed by atoms with E-state index in [0.717, 1.165) is 24.4 Å². The van der Waals surface area contributed by atoms with Gasteiger partial charge in [-0.05, 0) is 6.42 Å². The molecule has 1 atom stereocenters. The number of likely N-dealkylation sites (tertiary alicyclic amines) is 1. The highest BCUT2D eigenvalue weighted by molar-refractivity contribution is 6.07. The Balaban J connectivity index is 1.72. The molecule has 3 amide bonds. The normalized spacial score (nSPS) is 21.6. The van der Waals surface area contributed by atoms with E-state index < -0.39 is 11.9 Å². The molecule has 0 bridgehead atoms. The number of anilines is 1. The van der Waals surface area contributed by atoms with Crippen molar-refractivity contribution in [1.82, 2.24) is 19.8 Å². The first-order valence-electron chi connectivity index (χ1n) is 6.48. The monoisotopic (exact) mass is 277 g/mol. The predicted octanol–water partition coefficient (Wildman–Crippen LogP) is -0.814. The van der Waals surface area contributed by atoms with Crippen LogP contribution in [-0.2, 0) is 16.1 Å². The van der Waals surface area contributed by atoms with Crippen LogP contribution in [0.2, 0.25) is 0 Å². The number of aromatic nitrogens is 2. The summed E-state index contributed by atoms with van der Waals surface area (Å²) in [6, 6.07) is -0.785. The number of amides is 3. The molecule has 0 spiro atoms. The van der Waals surface area contributed by atoms with Gasteiger partial charge in [-0.25, -0.2) is 4.98 Å². The van der Waals surface area contributed by atoms with Gasteiger partial charge in [0.15, 0.2) is 0 Å². The number of nitrogens with one attached hydrogen (secondary N) is 2. The SMILES string of the molecule is CN1C(=O)CC(NC(=O)c2cn3c(n2)NCCC3)C1=O. The van der Waals surface area contributed by atoms with Gasteiger partial charge in [-0.2, -0.15) is 0 Å².